The van der Waals surface area contributed by atoms with Crippen molar-refractivity contribution in [3.63, 3.8) is 0 Å². The van der Waals surface area contributed by atoms with Crippen LogP contribution in [-0.2, 0) is 23.8 Å². The predicted octanol–water partition coefficient (Wildman–Crippen LogP) is 6.35. The third kappa shape index (κ3) is 9.11. The Hall–Kier alpha value is -2.94. The van der Waals surface area contributed by atoms with Gasteiger partial charge in [-0.2, -0.15) is 13.2 Å². The summed E-state index contributed by atoms with van der Waals surface area (Å²) in [7, 11) is 0. The molecule has 4 heterocycles. The monoisotopic (exact) mass is 533 g/mol. The number of fused-ring (bicyclic) bond motifs is 1. The minimum Gasteiger partial charge on any atom is -0.369 e. The minimum absolute atomic E-state index is 0.0257. The average molecular weight is 534 g/mol. The van der Waals surface area contributed by atoms with Gasteiger partial charge < -0.3 is 19.4 Å². The number of anilines is 1. The predicted molar refractivity (Wildman–Crippen MR) is 148 cm³/mol. The number of alkyl halides is 3. The second-order valence-electron chi connectivity index (χ2n) is 9.56. The smallest absolute Gasteiger partial charge is 0.369 e. The highest BCUT2D eigenvalue weighted by molar-refractivity contribution is 5.75. The summed E-state index contributed by atoms with van der Waals surface area (Å²) in [5.41, 5.74) is 4.57. The first-order chi connectivity index (χ1) is 18.0. The van der Waals surface area contributed by atoms with Gasteiger partial charge in [-0.15, -0.1) is 0 Å². The fraction of sp³-hybridized carbons (Fsp3) is 0.552. The fourth-order valence-corrected chi connectivity index (χ4v) is 4.38. The van der Waals surface area contributed by atoms with Crippen LogP contribution in [0.15, 0.2) is 30.7 Å². The minimum atomic E-state index is -4.36. The zero-order chi connectivity index (χ0) is 28.3. The highest BCUT2D eigenvalue weighted by atomic mass is 19.4. The fourth-order valence-electron chi connectivity index (χ4n) is 4.38. The molecule has 0 amide bonds. The molecule has 0 spiro atoms. The number of pyridine rings is 2. The molecule has 0 radical (unpaired) electrons. The van der Waals surface area contributed by atoms with E-state index in [1.54, 1.807) is 26.2 Å². The molecule has 9 heteroatoms. The molecule has 0 atom stereocenters. The van der Waals surface area contributed by atoms with Crippen LogP contribution in [0.5, 0.6) is 0 Å². The molecule has 4 rings (SSSR count). The van der Waals surface area contributed by atoms with Crippen molar-refractivity contribution in [2.45, 2.75) is 79.8 Å². The van der Waals surface area contributed by atoms with Crippen LogP contribution in [-0.4, -0.2) is 46.3 Å². The zero-order valence-corrected chi connectivity index (χ0v) is 23.6. The summed E-state index contributed by atoms with van der Waals surface area (Å²) in [4.78, 5) is 20.8. The van der Waals surface area contributed by atoms with Crippen LogP contribution in [0.25, 0.3) is 5.65 Å². The van der Waals surface area contributed by atoms with Crippen LogP contribution in [0.4, 0.5) is 18.9 Å². The first kappa shape index (κ1) is 31.3. The largest absolute Gasteiger partial charge is 0.419 e. The Bertz CT molecular complexity index is 1170. The Morgan fingerprint density at radius 2 is 1.76 bits per heavy atom. The maximum atomic E-state index is 12.8. The molecule has 0 bridgehead atoms. The number of carbonyl (C=O) groups is 1. The van der Waals surface area contributed by atoms with Crippen LogP contribution < -0.4 is 10.2 Å². The van der Waals surface area contributed by atoms with E-state index in [4.69, 9.17) is 0 Å². The van der Waals surface area contributed by atoms with Gasteiger partial charge in [0.25, 0.3) is 0 Å². The molecule has 3 aromatic rings. The first-order valence-electron chi connectivity index (χ1n) is 13.5. The molecule has 1 fully saturated rings. The SMILES string of the molecule is CCCC(C)=O.CCCc1c(N2CCNCC2)ccnc1C.CCc1cc(C(F)(F)F)c2nc(C)cn2c1. The third-order valence-corrected chi connectivity index (χ3v) is 6.25. The quantitative estimate of drug-likeness (QED) is 0.400. The molecule has 0 aromatic carbocycles. The molecule has 0 unspecified atom stereocenters. The number of Topliss-reactive ketones (excluding diaryl/α,β-unsaturated/α-hetero) is 1. The van der Waals surface area contributed by atoms with Gasteiger partial charge in [0.05, 0.1) is 11.3 Å². The molecule has 0 saturated carbocycles. The lowest BCUT2D eigenvalue weighted by molar-refractivity contribution is -0.136. The number of nitrogens with zero attached hydrogens (tertiary/aromatic N) is 4. The molecule has 38 heavy (non-hydrogen) atoms. The van der Waals surface area contributed by atoms with Crippen molar-refractivity contribution in [2.24, 2.45) is 0 Å². The standard InChI is InChI=1S/C13H21N3.C11H11F3N2.C5H10O/c1-3-4-12-11(2)15-6-5-13(12)16-9-7-14-8-10-16;1-3-8-4-9(11(12,13)14)10-15-7(2)5-16(10)6-8;1-3-4-5(2)6/h5-6,14H,3-4,7-10H2,1-2H3;4-6H,3H2,1-2H3;3-4H2,1-2H3. The van der Waals surface area contributed by atoms with Crippen molar-refractivity contribution in [3.05, 3.63) is 58.8 Å². The van der Waals surface area contributed by atoms with E-state index in [1.165, 1.54) is 33.8 Å². The third-order valence-electron chi connectivity index (χ3n) is 6.25. The van der Waals surface area contributed by atoms with Crippen LogP contribution in [0.2, 0.25) is 0 Å². The van der Waals surface area contributed by atoms with Crippen LogP contribution in [0.1, 0.15) is 75.0 Å². The molecule has 1 N–H and O–H groups in total. The van der Waals surface area contributed by atoms with Gasteiger partial charge in [-0.25, -0.2) is 4.98 Å². The molecule has 210 valence electrons. The van der Waals surface area contributed by atoms with Gasteiger partial charge >= 0.3 is 6.18 Å². The number of ketones is 1. The van der Waals surface area contributed by atoms with Gasteiger partial charge in [0.1, 0.15) is 11.4 Å². The summed E-state index contributed by atoms with van der Waals surface area (Å²) in [6.45, 7) is 15.9. The van der Waals surface area contributed by atoms with E-state index < -0.39 is 11.7 Å². The number of piperazine rings is 1. The number of aryl methyl sites for hydroxylation is 3. The topological polar surface area (TPSA) is 62.5 Å². The number of hydrogen-bond donors (Lipinski definition) is 1. The molecular weight excluding hydrogens is 491 g/mol. The lowest BCUT2D eigenvalue weighted by atomic mass is 10.1. The molecule has 0 aliphatic carbocycles. The molecule has 1 saturated heterocycles. The van der Waals surface area contributed by atoms with E-state index in [9.17, 15) is 18.0 Å². The number of imidazole rings is 1. The Morgan fingerprint density at radius 1 is 1.08 bits per heavy atom. The van der Waals surface area contributed by atoms with Gasteiger partial charge in [-0.1, -0.05) is 27.2 Å². The van der Waals surface area contributed by atoms with Crippen LogP contribution in [0.3, 0.4) is 0 Å². The maximum Gasteiger partial charge on any atom is 0.419 e. The molecule has 1 aliphatic rings. The summed E-state index contributed by atoms with van der Waals surface area (Å²) in [6.07, 6.45) is 5.47. The summed E-state index contributed by atoms with van der Waals surface area (Å²) < 4.78 is 39.8. The lowest BCUT2D eigenvalue weighted by Gasteiger charge is -2.31. The van der Waals surface area contributed by atoms with Crippen LogP contribution >= 0.6 is 0 Å². The second-order valence-corrected chi connectivity index (χ2v) is 9.56. The summed E-state index contributed by atoms with van der Waals surface area (Å²) >= 11 is 0. The van der Waals surface area contributed by atoms with Crippen molar-refractivity contribution in [3.8, 4) is 0 Å². The number of halogens is 3. The normalized spacial score (nSPS) is 13.4. The Labute approximate surface area is 224 Å². The zero-order valence-electron chi connectivity index (χ0n) is 23.6. The van der Waals surface area contributed by atoms with Gasteiger partial charge in [-0.3, -0.25) is 4.98 Å². The molecular formula is C29H42F3N5O. The van der Waals surface area contributed by atoms with Gasteiger partial charge in [0.15, 0.2) is 0 Å². The van der Waals surface area contributed by atoms with Crippen molar-refractivity contribution in [1.29, 1.82) is 0 Å². The highest BCUT2D eigenvalue weighted by Crippen LogP contribution is 2.33. The summed E-state index contributed by atoms with van der Waals surface area (Å²) in [5.74, 6) is 0.289. The molecule has 3 aromatic heterocycles. The Kier molecular flexibility index (Phi) is 12.2. The number of rotatable bonds is 6. The Morgan fingerprint density at radius 3 is 2.29 bits per heavy atom. The van der Waals surface area contributed by atoms with Crippen molar-refractivity contribution < 1.29 is 18.0 Å². The van der Waals surface area contributed by atoms with E-state index in [1.807, 2.05) is 20.0 Å². The van der Waals surface area contributed by atoms with E-state index in [0.717, 1.165) is 45.4 Å². The maximum absolute atomic E-state index is 12.8. The number of aromatic nitrogens is 3. The van der Waals surface area contributed by atoms with Gasteiger partial charge in [0, 0.05) is 62.6 Å². The first-order valence-corrected chi connectivity index (χ1v) is 13.5. The molecule has 6 nitrogen and oxygen atoms in total. The number of carbonyl (C=O) groups excluding carboxylic acids is 1. The summed E-state index contributed by atoms with van der Waals surface area (Å²) in [6, 6.07) is 3.34. The van der Waals surface area contributed by atoms with Crippen molar-refractivity contribution >= 4 is 17.1 Å². The summed E-state index contributed by atoms with van der Waals surface area (Å²) in [5, 5.41) is 3.39. The number of nitrogens with one attached hydrogen (secondary N) is 1. The van der Waals surface area contributed by atoms with E-state index in [-0.39, 0.29) is 11.4 Å². The Balaban J connectivity index is 0.000000221. The van der Waals surface area contributed by atoms with Crippen molar-refractivity contribution in [2.75, 3.05) is 31.1 Å². The van der Waals surface area contributed by atoms with Crippen LogP contribution in [0, 0.1) is 13.8 Å². The average Bonchev–Trinajstić information content (AvgIpc) is 3.25. The van der Waals surface area contributed by atoms with Gasteiger partial charge in [0.2, 0.25) is 0 Å². The number of hydrogen-bond acceptors (Lipinski definition) is 5. The van der Waals surface area contributed by atoms with Gasteiger partial charge in [-0.05, 0) is 63.3 Å². The van der Waals surface area contributed by atoms with E-state index in [0.29, 0.717) is 17.7 Å². The van der Waals surface area contributed by atoms with Crippen molar-refractivity contribution in [1.82, 2.24) is 19.7 Å². The second kappa shape index (κ2) is 14.9. The molecule has 1 aliphatic heterocycles. The van der Waals surface area contributed by atoms with E-state index in [2.05, 4.69) is 40.1 Å². The van der Waals surface area contributed by atoms with E-state index >= 15 is 0 Å². The highest BCUT2D eigenvalue weighted by Gasteiger charge is 2.34. The lowest BCUT2D eigenvalue weighted by Crippen LogP contribution is -2.44.